The largest absolute Gasteiger partial charge is 0.465 e. The number of morpholine rings is 1. The van der Waals surface area contributed by atoms with Gasteiger partial charge in [-0.05, 0) is 16.7 Å². The first-order valence-corrected chi connectivity index (χ1v) is 22.9. The van der Waals surface area contributed by atoms with Gasteiger partial charge in [-0.25, -0.2) is 4.79 Å². The number of nitrogens with zero attached hydrogens (tertiary/aromatic N) is 1. The minimum Gasteiger partial charge on any atom is -0.465 e. The number of carbonyl (C=O) groups excluding carboxylic acids is 5. The van der Waals surface area contributed by atoms with Crippen LogP contribution >= 0.6 is 0 Å². The Hall–Kier alpha value is -5.35. The molecular weight excluding hydrogens is 901 g/mol. The van der Waals surface area contributed by atoms with Crippen LogP contribution in [0, 0.1) is 0 Å². The molecule has 0 saturated carbocycles. The summed E-state index contributed by atoms with van der Waals surface area (Å²) < 4.78 is 74.3. The normalized spacial score (nSPS) is 27.0. The second-order valence-electron chi connectivity index (χ2n) is 16.9. The summed E-state index contributed by atoms with van der Waals surface area (Å²) >= 11 is 0. The molecule has 0 bridgehead atoms. The molecule has 1 amide bonds. The maximum absolute atomic E-state index is 14.6. The Labute approximate surface area is 402 Å². The molecule has 3 fully saturated rings. The molecular formula is C50H64N2O17. The third-order valence-electron chi connectivity index (χ3n) is 11.9. The number of ether oxygens (including phenoxy) is 12. The van der Waals surface area contributed by atoms with E-state index < -0.39 is 110 Å². The zero-order chi connectivity index (χ0) is 49.3. The second-order valence-corrected chi connectivity index (χ2v) is 16.9. The molecule has 3 aliphatic heterocycles. The van der Waals surface area contributed by atoms with Crippen LogP contribution in [0.1, 0.15) is 50.8 Å². The van der Waals surface area contributed by atoms with Crippen LogP contribution in [0.4, 0.5) is 0 Å². The van der Waals surface area contributed by atoms with Crippen molar-refractivity contribution in [2.45, 2.75) is 121 Å². The van der Waals surface area contributed by atoms with E-state index in [4.69, 9.17) is 56.8 Å². The molecule has 11 atom stereocenters. The van der Waals surface area contributed by atoms with Crippen LogP contribution in [0.5, 0.6) is 0 Å². The number of hydrogen-bond acceptors (Lipinski definition) is 18. The van der Waals surface area contributed by atoms with E-state index >= 15 is 0 Å². The van der Waals surface area contributed by atoms with Gasteiger partial charge in [0, 0.05) is 60.4 Å². The van der Waals surface area contributed by atoms with Crippen molar-refractivity contribution in [2.24, 2.45) is 0 Å². The van der Waals surface area contributed by atoms with Gasteiger partial charge in [-0.2, -0.15) is 0 Å². The van der Waals surface area contributed by atoms with E-state index in [0.717, 1.165) is 44.6 Å². The second kappa shape index (κ2) is 26.0. The van der Waals surface area contributed by atoms with Crippen molar-refractivity contribution in [3.05, 3.63) is 108 Å². The number of esters is 4. The van der Waals surface area contributed by atoms with Gasteiger partial charge in [-0.3, -0.25) is 24.1 Å². The van der Waals surface area contributed by atoms with Crippen molar-refractivity contribution in [1.29, 1.82) is 0 Å². The van der Waals surface area contributed by atoms with Gasteiger partial charge in [0.15, 0.2) is 18.5 Å². The van der Waals surface area contributed by atoms with Crippen LogP contribution in [0.3, 0.4) is 0 Å². The highest BCUT2D eigenvalue weighted by molar-refractivity contribution is 5.78. The van der Waals surface area contributed by atoms with Gasteiger partial charge < -0.3 is 62.2 Å². The monoisotopic (exact) mass is 964 g/mol. The lowest BCUT2D eigenvalue weighted by atomic mass is 9.85. The standard InChI is InChI=1S/C50H64N2O17/c1-32(53)51-42-39(52-22-24-60-25-23-52)26-50(49(57)59-6,69-45(42)44(67-35(4)56)40(66-34(3)55)30-61-33(2)54)65-31-41-43(62-27-36-16-10-7-11-17-36)46(63-28-37-18-12-8-13-19-37)47(48(58-5)68-41)64-29-38-20-14-9-15-21-38/h7-21,39-48H,22-31H2,1-6H3,(H,51,53)/t39-,40+,41+,42+,43+,44+,45+,46-,47+,48-,50+/m0/s1. The number of amides is 1. The van der Waals surface area contributed by atoms with Crippen LogP contribution in [-0.2, 0) is 101 Å². The Bertz CT molecular complexity index is 2090. The predicted octanol–water partition coefficient (Wildman–Crippen LogP) is 3.42. The Morgan fingerprint density at radius 1 is 0.710 bits per heavy atom. The zero-order valence-electron chi connectivity index (χ0n) is 39.9. The Kier molecular flexibility index (Phi) is 20.0. The molecule has 69 heavy (non-hydrogen) atoms. The first-order valence-electron chi connectivity index (χ1n) is 22.9. The highest BCUT2D eigenvalue weighted by Gasteiger charge is 2.60. The maximum atomic E-state index is 14.6. The quantitative estimate of drug-likeness (QED) is 0.113. The Morgan fingerprint density at radius 3 is 1.74 bits per heavy atom. The van der Waals surface area contributed by atoms with Crippen LogP contribution in [0.2, 0.25) is 0 Å². The van der Waals surface area contributed by atoms with E-state index in [-0.39, 0.29) is 26.2 Å². The fourth-order valence-corrected chi connectivity index (χ4v) is 8.79. The Morgan fingerprint density at radius 2 is 1.25 bits per heavy atom. The van der Waals surface area contributed by atoms with E-state index in [1.165, 1.54) is 14.0 Å². The third kappa shape index (κ3) is 14.8. The van der Waals surface area contributed by atoms with Crippen molar-refractivity contribution in [3.63, 3.8) is 0 Å². The first kappa shape index (κ1) is 53.0. The van der Waals surface area contributed by atoms with E-state index in [9.17, 15) is 24.0 Å². The number of nitrogens with one attached hydrogen (secondary N) is 1. The fourth-order valence-electron chi connectivity index (χ4n) is 8.79. The predicted molar refractivity (Wildman–Crippen MR) is 242 cm³/mol. The molecule has 1 N–H and O–H groups in total. The topological polar surface area (TPSA) is 211 Å². The molecule has 0 aromatic heterocycles. The molecule has 3 aliphatic rings. The summed E-state index contributed by atoms with van der Waals surface area (Å²) in [5.41, 5.74) is 2.63. The molecule has 0 unspecified atom stereocenters. The number of methoxy groups -OCH3 is 2. The lowest BCUT2D eigenvalue weighted by Gasteiger charge is -2.52. The summed E-state index contributed by atoms with van der Waals surface area (Å²) in [5.74, 6) is -6.19. The minimum atomic E-state index is -2.34. The molecule has 3 saturated heterocycles. The van der Waals surface area contributed by atoms with Gasteiger partial charge in [-0.1, -0.05) is 91.0 Å². The van der Waals surface area contributed by atoms with Crippen molar-refractivity contribution >= 4 is 29.8 Å². The number of carbonyl (C=O) groups is 5. The summed E-state index contributed by atoms with van der Waals surface area (Å²) in [6, 6.07) is 26.9. The van der Waals surface area contributed by atoms with E-state index in [2.05, 4.69) is 5.32 Å². The molecule has 3 heterocycles. The number of rotatable bonds is 22. The van der Waals surface area contributed by atoms with E-state index in [0.29, 0.717) is 26.3 Å². The van der Waals surface area contributed by atoms with Gasteiger partial charge in [0.05, 0.1) is 52.8 Å². The lowest BCUT2D eigenvalue weighted by Crippen LogP contribution is -2.72. The van der Waals surface area contributed by atoms with Crippen molar-refractivity contribution in [2.75, 3.05) is 53.7 Å². The molecule has 19 heteroatoms. The zero-order valence-corrected chi connectivity index (χ0v) is 39.9. The summed E-state index contributed by atoms with van der Waals surface area (Å²) in [6.07, 6.45) is -9.68. The summed E-state index contributed by atoms with van der Waals surface area (Å²) in [4.78, 5) is 67.4. The molecule has 6 rings (SSSR count). The van der Waals surface area contributed by atoms with E-state index in [1.807, 2.05) is 95.9 Å². The average Bonchev–Trinajstić information content (AvgIpc) is 3.35. The smallest absolute Gasteiger partial charge is 0.366 e. The van der Waals surface area contributed by atoms with Gasteiger partial charge in [-0.15, -0.1) is 0 Å². The molecule has 0 radical (unpaired) electrons. The van der Waals surface area contributed by atoms with Crippen molar-refractivity contribution in [3.8, 4) is 0 Å². The van der Waals surface area contributed by atoms with Crippen molar-refractivity contribution in [1.82, 2.24) is 10.2 Å². The number of benzene rings is 3. The summed E-state index contributed by atoms with van der Waals surface area (Å²) in [7, 11) is 2.64. The fraction of sp³-hybridized carbons (Fsp3) is 0.540. The van der Waals surface area contributed by atoms with Crippen LogP contribution in [-0.4, -0.2) is 155 Å². The van der Waals surface area contributed by atoms with Gasteiger partial charge in [0.2, 0.25) is 5.91 Å². The molecule has 3 aromatic rings. The summed E-state index contributed by atoms with van der Waals surface area (Å²) in [5, 5.41) is 2.94. The van der Waals surface area contributed by atoms with Gasteiger partial charge in [0.1, 0.15) is 37.1 Å². The van der Waals surface area contributed by atoms with E-state index in [1.54, 1.807) is 0 Å². The maximum Gasteiger partial charge on any atom is 0.366 e. The van der Waals surface area contributed by atoms with Crippen LogP contribution in [0.15, 0.2) is 91.0 Å². The average molecular weight is 965 g/mol. The lowest BCUT2D eigenvalue weighted by molar-refractivity contribution is -0.346. The minimum absolute atomic E-state index is 0.113. The van der Waals surface area contributed by atoms with Gasteiger partial charge >= 0.3 is 23.9 Å². The first-order chi connectivity index (χ1) is 33.3. The molecule has 3 aromatic carbocycles. The SMILES string of the molecule is COC(=O)[C@@]1(OC[C@H]2O[C@H](OC)[C@H](OCc3ccccc3)[C@@H](OCc3ccccc3)[C@@H]2OCc2ccccc2)C[C@H](N2CCOCC2)[C@@H](NC(C)=O)[C@H]([C@H](OC(C)=O)[C@@H](COC(C)=O)OC(C)=O)O1. The molecule has 376 valence electrons. The third-order valence-corrected chi connectivity index (χ3v) is 11.9. The molecule has 0 spiro atoms. The number of hydrogen-bond donors (Lipinski definition) is 1. The van der Waals surface area contributed by atoms with Crippen LogP contribution < -0.4 is 5.32 Å². The summed E-state index contributed by atoms with van der Waals surface area (Å²) in [6.45, 7) is 5.47. The highest BCUT2D eigenvalue weighted by atomic mass is 16.8. The van der Waals surface area contributed by atoms with Crippen LogP contribution in [0.25, 0.3) is 0 Å². The molecule has 0 aliphatic carbocycles. The van der Waals surface area contributed by atoms with Gasteiger partial charge in [0.25, 0.3) is 5.79 Å². The Balaban J connectivity index is 1.43. The molecule has 19 nitrogen and oxygen atoms in total. The van der Waals surface area contributed by atoms with Crippen molar-refractivity contribution < 1.29 is 80.8 Å². The highest BCUT2D eigenvalue weighted by Crippen LogP contribution is 2.40.